The molecule has 96 valence electrons. The van der Waals surface area contributed by atoms with Crippen LogP contribution in [0.1, 0.15) is 30.5 Å². The van der Waals surface area contributed by atoms with Gasteiger partial charge >= 0.3 is 0 Å². The van der Waals surface area contributed by atoms with Crippen molar-refractivity contribution in [2.24, 2.45) is 5.73 Å². The second-order valence-electron chi connectivity index (χ2n) is 4.46. The first-order valence-electron chi connectivity index (χ1n) is 6.02. The summed E-state index contributed by atoms with van der Waals surface area (Å²) in [4.78, 5) is 22.5. The zero-order chi connectivity index (χ0) is 13.1. The van der Waals surface area contributed by atoms with E-state index in [1.807, 2.05) is 25.1 Å². The van der Waals surface area contributed by atoms with Gasteiger partial charge in [0.15, 0.2) is 0 Å². The molecule has 4 N–H and O–H groups in total. The highest BCUT2D eigenvalue weighted by atomic mass is 16.2. The van der Waals surface area contributed by atoms with Crippen LogP contribution in [0.25, 0.3) is 0 Å². The molecule has 0 fully saturated rings. The van der Waals surface area contributed by atoms with Crippen molar-refractivity contribution < 1.29 is 9.59 Å². The fourth-order valence-corrected chi connectivity index (χ4v) is 2.06. The summed E-state index contributed by atoms with van der Waals surface area (Å²) in [6.07, 6.45) is 1.26. The van der Waals surface area contributed by atoms with Crippen LogP contribution in [0.15, 0.2) is 18.2 Å². The predicted octanol–water partition coefficient (Wildman–Crippen LogP) is 0.707. The van der Waals surface area contributed by atoms with E-state index in [4.69, 9.17) is 5.73 Å². The number of hydrogen-bond donors (Lipinski definition) is 3. The first-order chi connectivity index (χ1) is 8.60. The van der Waals surface area contributed by atoms with Crippen molar-refractivity contribution in [1.82, 2.24) is 5.32 Å². The van der Waals surface area contributed by atoms with E-state index in [1.165, 1.54) is 0 Å². The summed E-state index contributed by atoms with van der Waals surface area (Å²) in [6, 6.07) is 5.73. The molecular formula is C13H17N3O2. The van der Waals surface area contributed by atoms with Crippen molar-refractivity contribution in [2.75, 3.05) is 11.9 Å². The molecule has 1 aromatic rings. The van der Waals surface area contributed by atoms with Crippen LogP contribution in [0.4, 0.5) is 5.69 Å². The summed E-state index contributed by atoms with van der Waals surface area (Å²) in [5.74, 6) is -0.117. The molecule has 1 aliphatic rings. The number of rotatable bonds is 3. The van der Waals surface area contributed by atoms with Gasteiger partial charge in [-0.25, -0.2) is 0 Å². The molecule has 2 rings (SSSR count). The Hall–Kier alpha value is -1.88. The standard InChI is InChI=1S/C13H17N3O2/c1-8(15-13(18)7-14)9-2-4-11-10(6-9)3-5-12(17)16-11/h2,4,6,8H,3,5,7,14H2,1H3,(H,15,18)(H,16,17). The number of benzene rings is 1. The monoisotopic (exact) mass is 247 g/mol. The minimum atomic E-state index is -0.173. The van der Waals surface area contributed by atoms with Crippen LogP contribution in [0.2, 0.25) is 0 Å². The summed E-state index contributed by atoms with van der Waals surface area (Å²) in [5.41, 5.74) is 8.27. The number of carbonyl (C=O) groups is 2. The van der Waals surface area contributed by atoms with Gasteiger partial charge in [-0.1, -0.05) is 12.1 Å². The van der Waals surface area contributed by atoms with Crippen molar-refractivity contribution in [2.45, 2.75) is 25.8 Å². The van der Waals surface area contributed by atoms with Gasteiger partial charge in [-0.3, -0.25) is 9.59 Å². The van der Waals surface area contributed by atoms with Gasteiger partial charge in [0.1, 0.15) is 0 Å². The van der Waals surface area contributed by atoms with E-state index in [2.05, 4.69) is 10.6 Å². The normalized spacial score (nSPS) is 15.6. The smallest absolute Gasteiger partial charge is 0.234 e. The van der Waals surface area contributed by atoms with Gasteiger partial charge in [0, 0.05) is 12.1 Å². The summed E-state index contributed by atoms with van der Waals surface area (Å²) in [5, 5.41) is 5.64. The lowest BCUT2D eigenvalue weighted by atomic mass is 9.98. The van der Waals surface area contributed by atoms with Gasteiger partial charge in [0.25, 0.3) is 0 Å². The number of fused-ring (bicyclic) bond motifs is 1. The highest BCUT2D eigenvalue weighted by Gasteiger charge is 2.16. The maximum Gasteiger partial charge on any atom is 0.234 e. The largest absolute Gasteiger partial charge is 0.348 e. The highest BCUT2D eigenvalue weighted by Crippen LogP contribution is 2.25. The fraction of sp³-hybridized carbons (Fsp3) is 0.385. The fourth-order valence-electron chi connectivity index (χ4n) is 2.06. The Bertz CT molecular complexity index is 485. The molecule has 5 nitrogen and oxygen atoms in total. The molecule has 18 heavy (non-hydrogen) atoms. The number of aryl methyl sites for hydroxylation is 1. The third-order valence-corrected chi connectivity index (χ3v) is 3.09. The Morgan fingerprint density at radius 1 is 1.50 bits per heavy atom. The predicted molar refractivity (Wildman–Crippen MR) is 69.0 cm³/mol. The second-order valence-corrected chi connectivity index (χ2v) is 4.46. The van der Waals surface area contributed by atoms with Crippen molar-refractivity contribution in [3.05, 3.63) is 29.3 Å². The molecule has 0 radical (unpaired) electrons. The number of hydrogen-bond acceptors (Lipinski definition) is 3. The minimum absolute atomic E-state index is 0.00859. The topological polar surface area (TPSA) is 84.2 Å². The average Bonchev–Trinajstić information content (AvgIpc) is 2.37. The Morgan fingerprint density at radius 3 is 3.00 bits per heavy atom. The Morgan fingerprint density at radius 2 is 2.28 bits per heavy atom. The van der Waals surface area contributed by atoms with Gasteiger partial charge in [-0.05, 0) is 30.5 Å². The number of anilines is 1. The van der Waals surface area contributed by atoms with Crippen LogP contribution < -0.4 is 16.4 Å². The highest BCUT2D eigenvalue weighted by molar-refractivity contribution is 5.93. The van der Waals surface area contributed by atoms with Crippen LogP contribution in [0.5, 0.6) is 0 Å². The van der Waals surface area contributed by atoms with E-state index >= 15 is 0 Å². The Labute approximate surface area is 106 Å². The zero-order valence-corrected chi connectivity index (χ0v) is 10.3. The Balaban J connectivity index is 2.16. The van der Waals surface area contributed by atoms with Crippen LogP contribution >= 0.6 is 0 Å². The zero-order valence-electron chi connectivity index (χ0n) is 10.3. The molecule has 1 aromatic carbocycles. The third-order valence-electron chi connectivity index (χ3n) is 3.09. The second kappa shape index (κ2) is 5.18. The molecule has 1 heterocycles. The van der Waals surface area contributed by atoms with E-state index in [9.17, 15) is 9.59 Å². The molecule has 0 saturated carbocycles. The van der Waals surface area contributed by atoms with Crippen LogP contribution in [-0.2, 0) is 16.0 Å². The molecule has 0 aromatic heterocycles. The molecule has 0 spiro atoms. The number of nitrogens with one attached hydrogen (secondary N) is 2. The molecule has 5 heteroatoms. The van der Waals surface area contributed by atoms with Gasteiger partial charge in [0.2, 0.25) is 11.8 Å². The van der Waals surface area contributed by atoms with Crippen molar-refractivity contribution in [1.29, 1.82) is 0 Å². The first kappa shape index (κ1) is 12.6. The van der Waals surface area contributed by atoms with Gasteiger partial charge in [0.05, 0.1) is 12.6 Å². The summed E-state index contributed by atoms with van der Waals surface area (Å²) in [7, 11) is 0. The quantitative estimate of drug-likeness (QED) is 0.735. The van der Waals surface area contributed by atoms with Crippen LogP contribution in [-0.4, -0.2) is 18.4 Å². The van der Waals surface area contributed by atoms with E-state index in [1.54, 1.807) is 0 Å². The molecule has 2 amide bonds. The van der Waals surface area contributed by atoms with E-state index in [0.29, 0.717) is 6.42 Å². The lowest BCUT2D eigenvalue weighted by Gasteiger charge is -2.20. The molecule has 1 atom stereocenters. The third kappa shape index (κ3) is 2.68. The van der Waals surface area contributed by atoms with E-state index in [-0.39, 0.29) is 24.4 Å². The number of nitrogens with two attached hydrogens (primary N) is 1. The number of amides is 2. The van der Waals surface area contributed by atoms with Gasteiger partial charge in [-0.2, -0.15) is 0 Å². The molecule has 1 aliphatic heterocycles. The molecule has 0 aliphatic carbocycles. The lowest BCUT2D eigenvalue weighted by Crippen LogP contribution is -2.32. The summed E-state index contributed by atoms with van der Waals surface area (Å²) in [6.45, 7) is 1.90. The Kier molecular flexibility index (Phi) is 3.62. The summed E-state index contributed by atoms with van der Waals surface area (Å²) < 4.78 is 0. The maximum absolute atomic E-state index is 11.2. The molecule has 0 bridgehead atoms. The number of carbonyl (C=O) groups excluding carboxylic acids is 2. The molecular weight excluding hydrogens is 230 g/mol. The van der Waals surface area contributed by atoms with Crippen molar-refractivity contribution >= 4 is 17.5 Å². The maximum atomic E-state index is 11.2. The van der Waals surface area contributed by atoms with E-state index in [0.717, 1.165) is 23.2 Å². The van der Waals surface area contributed by atoms with Crippen molar-refractivity contribution in [3.8, 4) is 0 Å². The first-order valence-corrected chi connectivity index (χ1v) is 6.02. The van der Waals surface area contributed by atoms with Gasteiger partial charge in [-0.15, -0.1) is 0 Å². The van der Waals surface area contributed by atoms with Crippen molar-refractivity contribution in [3.63, 3.8) is 0 Å². The summed E-state index contributed by atoms with van der Waals surface area (Å²) >= 11 is 0. The van der Waals surface area contributed by atoms with E-state index < -0.39 is 0 Å². The SMILES string of the molecule is CC(NC(=O)CN)c1ccc2c(c1)CCC(=O)N2. The minimum Gasteiger partial charge on any atom is -0.348 e. The molecule has 1 unspecified atom stereocenters. The van der Waals surface area contributed by atoms with Crippen LogP contribution in [0, 0.1) is 0 Å². The van der Waals surface area contributed by atoms with Crippen LogP contribution in [0.3, 0.4) is 0 Å². The van der Waals surface area contributed by atoms with Gasteiger partial charge < -0.3 is 16.4 Å². The molecule has 0 saturated heterocycles. The average molecular weight is 247 g/mol. The lowest BCUT2D eigenvalue weighted by molar-refractivity contribution is -0.120.